The van der Waals surface area contributed by atoms with Gasteiger partial charge >= 0.3 is 12.1 Å². The number of carbonyl (C=O) groups is 2. The van der Waals surface area contributed by atoms with Gasteiger partial charge in [-0.25, -0.2) is 9.78 Å². The third-order valence-corrected chi connectivity index (χ3v) is 8.35. The minimum absolute atomic E-state index is 0.0230. The van der Waals surface area contributed by atoms with E-state index in [1.165, 1.54) is 4.90 Å². The predicted octanol–water partition coefficient (Wildman–Crippen LogP) is 7.28. The average molecular weight is 560 g/mol. The van der Waals surface area contributed by atoms with Crippen LogP contribution in [0.1, 0.15) is 95.5 Å². The zero-order valence-electron chi connectivity index (χ0n) is 23.8. The second-order valence-electron chi connectivity index (χ2n) is 12.6. The molecule has 1 aliphatic heterocycles. The molecule has 1 saturated heterocycles. The van der Waals surface area contributed by atoms with Crippen LogP contribution >= 0.6 is 0 Å². The Morgan fingerprint density at radius 1 is 1.02 bits per heavy atom. The molecule has 2 fully saturated rings. The second kappa shape index (κ2) is 11.4. The van der Waals surface area contributed by atoms with Gasteiger partial charge in [0.2, 0.25) is 5.91 Å². The van der Waals surface area contributed by atoms with E-state index < -0.39 is 47.2 Å². The lowest BCUT2D eigenvalue weighted by molar-refractivity contribution is -0.154. The molecule has 9 heteroatoms. The van der Waals surface area contributed by atoms with Crippen LogP contribution in [0, 0.1) is 17.3 Å². The van der Waals surface area contributed by atoms with Crippen LogP contribution in [-0.4, -0.2) is 39.0 Å². The first kappa shape index (κ1) is 29.9. The van der Waals surface area contributed by atoms with Crippen molar-refractivity contribution in [3.05, 3.63) is 59.3 Å². The highest BCUT2D eigenvalue weighted by Crippen LogP contribution is 2.50. The second-order valence-corrected chi connectivity index (χ2v) is 12.6. The summed E-state index contributed by atoms with van der Waals surface area (Å²) in [4.78, 5) is 33.2. The van der Waals surface area contributed by atoms with Gasteiger partial charge in [0.15, 0.2) is 0 Å². The molecule has 1 aliphatic carbocycles. The summed E-state index contributed by atoms with van der Waals surface area (Å²) in [6.07, 6.45) is -0.304. The predicted molar refractivity (Wildman–Crippen MR) is 148 cm³/mol. The fourth-order valence-electron chi connectivity index (χ4n) is 6.47. The largest absolute Gasteiger partial charge is 0.480 e. The summed E-state index contributed by atoms with van der Waals surface area (Å²) in [6, 6.07) is 8.67. The molecule has 40 heavy (non-hydrogen) atoms. The van der Waals surface area contributed by atoms with Gasteiger partial charge in [-0.2, -0.15) is 13.2 Å². The molecule has 0 bridgehead atoms. The molecule has 4 atom stereocenters. The van der Waals surface area contributed by atoms with E-state index in [2.05, 4.69) is 10.3 Å². The number of hydrogen-bond donors (Lipinski definition) is 2. The quantitative estimate of drug-likeness (QED) is 0.389. The standard InChI is InChI=1S/C31H40F3N3O3/c1-18(2)22-16-21(31(32,33)34)17-23(35-22)36-25-24(30(3,4)5)27(29(39)40)37(26(25)19-12-8-6-9-13-19)28(38)20-14-10-7-11-15-20/h6,8-9,12-13,16-18,20,24-27H,7,10-11,14-15H2,1-5H3,(H,35,36)(H,39,40)/t24-,25-,26-,27-/m0/s1. The van der Waals surface area contributed by atoms with Crippen molar-refractivity contribution in [2.75, 3.05) is 5.32 Å². The van der Waals surface area contributed by atoms with E-state index in [0.717, 1.165) is 37.0 Å². The number of hydrogen-bond acceptors (Lipinski definition) is 4. The summed E-state index contributed by atoms with van der Waals surface area (Å²) in [5, 5.41) is 13.9. The number of carboxylic acids is 1. The molecule has 0 unspecified atom stereocenters. The number of amides is 1. The Morgan fingerprint density at radius 2 is 1.65 bits per heavy atom. The summed E-state index contributed by atoms with van der Waals surface area (Å²) in [7, 11) is 0. The molecule has 4 rings (SSSR count). The molecule has 1 aromatic carbocycles. The zero-order chi connectivity index (χ0) is 29.4. The fourth-order valence-corrected chi connectivity index (χ4v) is 6.47. The average Bonchev–Trinajstić information content (AvgIpc) is 3.24. The monoisotopic (exact) mass is 559 g/mol. The minimum Gasteiger partial charge on any atom is -0.480 e. The van der Waals surface area contributed by atoms with Gasteiger partial charge in [-0.15, -0.1) is 0 Å². The van der Waals surface area contributed by atoms with Crippen LogP contribution < -0.4 is 5.32 Å². The lowest BCUT2D eigenvalue weighted by atomic mass is 9.72. The van der Waals surface area contributed by atoms with Crippen LogP contribution in [0.4, 0.5) is 19.0 Å². The van der Waals surface area contributed by atoms with Crippen molar-refractivity contribution in [2.45, 2.75) is 96.9 Å². The molecule has 2 aliphatic rings. The lowest BCUT2D eigenvalue weighted by Crippen LogP contribution is -2.49. The number of rotatable bonds is 6. The number of nitrogens with one attached hydrogen (secondary N) is 1. The Hall–Kier alpha value is -3.10. The van der Waals surface area contributed by atoms with Crippen molar-refractivity contribution in [3.63, 3.8) is 0 Å². The molecule has 1 saturated carbocycles. The van der Waals surface area contributed by atoms with Gasteiger partial charge in [0.25, 0.3) is 0 Å². The molecule has 6 nitrogen and oxygen atoms in total. The highest BCUT2D eigenvalue weighted by Gasteiger charge is 2.58. The van der Waals surface area contributed by atoms with E-state index in [4.69, 9.17) is 0 Å². The third kappa shape index (κ3) is 6.13. The van der Waals surface area contributed by atoms with Crippen molar-refractivity contribution >= 4 is 17.7 Å². The Balaban J connectivity index is 1.90. The molecule has 2 heterocycles. The zero-order valence-corrected chi connectivity index (χ0v) is 23.8. The summed E-state index contributed by atoms with van der Waals surface area (Å²) in [6.45, 7) is 9.29. The van der Waals surface area contributed by atoms with E-state index in [-0.39, 0.29) is 29.3 Å². The SMILES string of the molecule is CC(C)c1cc(C(F)(F)F)cc(N[C@H]2[C@H](C(C)(C)C)[C@@H](C(=O)O)N(C(=O)C3CCCCC3)[C@H]2c2ccccc2)n1. The molecule has 0 spiro atoms. The van der Waals surface area contributed by atoms with Crippen molar-refractivity contribution in [1.82, 2.24) is 9.88 Å². The smallest absolute Gasteiger partial charge is 0.416 e. The maximum Gasteiger partial charge on any atom is 0.416 e. The number of likely N-dealkylation sites (tertiary alicyclic amines) is 1. The van der Waals surface area contributed by atoms with Gasteiger partial charge < -0.3 is 15.3 Å². The number of anilines is 1. The summed E-state index contributed by atoms with van der Waals surface area (Å²) in [5.41, 5.74) is -0.417. The number of benzene rings is 1. The van der Waals surface area contributed by atoms with E-state index in [0.29, 0.717) is 12.8 Å². The molecule has 2 N–H and O–H groups in total. The maximum atomic E-state index is 14.2. The van der Waals surface area contributed by atoms with Crippen LogP contribution in [0.15, 0.2) is 42.5 Å². The van der Waals surface area contributed by atoms with Crippen molar-refractivity contribution < 1.29 is 27.9 Å². The van der Waals surface area contributed by atoms with Crippen molar-refractivity contribution in [1.29, 1.82) is 0 Å². The number of aromatic nitrogens is 1. The Labute approximate surface area is 234 Å². The molecule has 1 aromatic heterocycles. The number of pyridine rings is 1. The van der Waals surface area contributed by atoms with Crippen LogP contribution in [0.3, 0.4) is 0 Å². The van der Waals surface area contributed by atoms with Crippen LogP contribution in [-0.2, 0) is 15.8 Å². The normalized spacial score (nSPS) is 24.4. The molecule has 0 radical (unpaired) electrons. The van der Waals surface area contributed by atoms with E-state index >= 15 is 0 Å². The molecular weight excluding hydrogens is 519 g/mol. The first-order valence-electron chi connectivity index (χ1n) is 14.2. The number of aliphatic carboxylic acids is 1. The van der Waals surface area contributed by atoms with Crippen molar-refractivity contribution in [3.8, 4) is 0 Å². The summed E-state index contributed by atoms with van der Waals surface area (Å²) >= 11 is 0. The third-order valence-electron chi connectivity index (χ3n) is 8.35. The number of halogens is 3. The molecule has 2 aromatic rings. The van der Waals surface area contributed by atoms with Gasteiger partial charge in [0, 0.05) is 17.5 Å². The van der Waals surface area contributed by atoms with Gasteiger partial charge in [-0.1, -0.05) is 84.2 Å². The first-order chi connectivity index (χ1) is 18.7. The van der Waals surface area contributed by atoms with E-state index in [1.807, 2.05) is 51.1 Å². The lowest BCUT2D eigenvalue weighted by Gasteiger charge is -2.36. The van der Waals surface area contributed by atoms with Gasteiger partial charge in [0.1, 0.15) is 11.9 Å². The van der Waals surface area contributed by atoms with Crippen LogP contribution in [0.25, 0.3) is 0 Å². The van der Waals surface area contributed by atoms with Gasteiger partial charge in [-0.3, -0.25) is 4.79 Å². The molecule has 1 amide bonds. The number of nitrogens with zero attached hydrogens (tertiary/aromatic N) is 2. The van der Waals surface area contributed by atoms with Crippen molar-refractivity contribution in [2.24, 2.45) is 17.3 Å². The van der Waals surface area contributed by atoms with Crippen LogP contribution in [0.5, 0.6) is 0 Å². The van der Waals surface area contributed by atoms with E-state index in [9.17, 15) is 27.9 Å². The highest BCUT2D eigenvalue weighted by atomic mass is 19.4. The summed E-state index contributed by atoms with van der Waals surface area (Å²) < 4.78 is 41.7. The number of carboxylic acid groups (broad SMARTS) is 1. The highest BCUT2D eigenvalue weighted by molar-refractivity contribution is 5.87. The Bertz CT molecular complexity index is 1200. The number of carbonyl (C=O) groups excluding carboxylic acids is 1. The van der Waals surface area contributed by atoms with E-state index in [1.54, 1.807) is 13.8 Å². The maximum absolute atomic E-state index is 14.2. The topological polar surface area (TPSA) is 82.5 Å². The molecular formula is C31H40F3N3O3. The first-order valence-corrected chi connectivity index (χ1v) is 14.2. The minimum atomic E-state index is -4.58. The number of alkyl halides is 3. The van der Waals surface area contributed by atoms with Crippen LogP contribution in [0.2, 0.25) is 0 Å². The fraction of sp³-hybridized carbons (Fsp3) is 0.581. The Morgan fingerprint density at radius 3 is 2.17 bits per heavy atom. The Kier molecular flexibility index (Phi) is 8.52. The van der Waals surface area contributed by atoms with Gasteiger partial charge in [-0.05, 0) is 41.9 Å². The molecule has 218 valence electrons. The summed E-state index contributed by atoms with van der Waals surface area (Å²) in [5.74, 6) is -2.45. The van der Waals surface area contributed by atoms with Gasteiger partial charge in [0.05, 0.1) is 17.6 Å².